The van der Waals surface area contributed by atoms with Crippen molar-refractivity contribution in [3.63, 3.8) is 0 Å². The van der Waals surface area contributed by atoms with E-state index in [4.69, 9.17) is 11.0 Å². The predicted molar refractivity (Wildman–Crippen MR) is 30.9 cm³/mol. The third-order valence-corrected chi connectivity index (χ3v) is 1.85. The summed E-state index contributed by atoms with van der Waals surface area (Å²) in [7, 11) is 0. The average molecular weight is 110 g/mol. The predicted octanol–water partition coefficient (Wildman–Crippen LogP) is 0.637. The molecule has 0 bridgehead atoms. The Bertz CT molecular complexity index is 136. The molecule has 44 valence electrons. The van der Waals surface area contributed by atoms with Gasteiger partial charge in [-0.1, -0.05) is 13.3 Å². The van der Waals surface area contributed by atoms with Gasteiger partial charge >= 0.3 is 0 Å². The Morgan fingerprint density at radius 1 is 2.00 bits per heavy atom. The van der Waals surface area contributed by atoms with E-state index in [0.29, 0.717) is 5.92 Å². The Kier molecular flexibility index (Phi) is 1.02. The standard InChI is InChI=1S/C6H10N2/c1-2-5-3-6(5,8)4-7/h5H,2-3,8H2,1H3/t5-,6-/m0/s1. The molecule has 2 heteroatoms. The largest absolute Gasteiger partial charge is 0.313 e. The van der Waals surface area contributed by atoms with Crippen LogP contribution in [0.5, 0.6) is 0 Å². The molecule has 0 aromatic heterocycles. The Hall–Kier alpha value is -0.550. The van der Waals surface area contributed by atoms with Crippen LogP contribution in [0, 0.1) is 17.2 Å². The van der Waals surface area contributed by atoms with Crippen molar-refractivity contribution in [3.05, 3.63) is 0 Å². The Morgan fingerprint density at radius 3 is 2.75 bits per heavy atom. The summed E-state index contributed by atoms with van der Waals surface area (Å²) < 4.78 is 0. The van der Waals surface area contributed by atoms with Gasteiger partial charge in [-0.25, -0.2) is 0 Å². The first-order chi connectivity index (χ1) is 3.73. The summed E-state index contributed by atoms with van der Waals surface area (Å²) in [6, 6.07) is 2.09. The van der Waals surface area contributed by atoms with E-state index in [-0.39, 0.29) is 0 Å². The monoisotopic (exact) mass is 110 g/mol. The minimum absolute atomic E-state index is 0.436. The average Bonchev–Trinajstić information content (AvgIpc) is 2.44. The number of nitrogens with two attached hydrogens (primary N) is 1. The molecule has 0 radical (unpaired) electrons. The van der Waals surface area contributed by atoms with Crippen molar-refractivity contribution in [2.75, 3.05) is 0 Å². The normalized spacial score (nSPS) is 43.4. The van der Waals surface area contributed by atoms with Gasteiger partial charge in [0.2, 0.25) is 0 Å². The number of rotatable bonds is 1. The molecule has 0 amide bonds. The van der Waals surface area contributed by atoms with Gasteiger partial charge in [-0.2, -0.15) is 5.26 Å². The molecule has 1 rings (SSSR count). The second-order valence-corrected chi connectivity index (χ2v) is 2.46. The zero-order valence-electron chi connectivity index (χ0n) is 5.02. The Labute approximate surface area is 49.3 Å². The van der Waals surface area contributed by atoms with E-state index in [0.717, 1.165) is 12.8 Å². The number of hydrogen-bond acceptors (Lipinski definition) is 2. The smallest absolute Gasteiger partial charge is 0.107 e. The molecule has 0 unspecified atom stereocenters. The zero-order chi connectivity index (χ0) is 6.20. The first kappa shape index (κ1) is 5.58. The fourth-order valence-electron chi connectivity index (χ4n) is 0.994. The summed E-state index contributed by atoms with van der Waals surface area (Å²) in [5, 5.41) is 8.39. The molecule has 8 heavy (non-hydrogen) atoms. The van der Waals surface area contributed by atoms with Crippen molar-refractivity contribution in [2.45, 2.75) is 25.3 Å². The first-order valence-electron chi connectivity index (χ1n) is 2.93. The van der Waals surface area contributed by atoms with Crippen molar-refractivity contribution in [1.29, 1.82) is 5.26 Å². The van der Waals surface area contributed by atoms with Crippen molar-refractivity contribution >= 4 is 0 Å². The lowest BCUT2D eigenvalue weighted by Gasteiger charge is -1.93. The van der Waals surface area contributed by atoms with E-state index in [9.17, 15) is 0 Å². The van der Waals surface area contributed by atoms with Gasteiger partial charge in [0.15, 0.2) is 0 Å². The summed E-state index contributed by atoms with van der Waals surface area (Å²) in [6.45, 7) is 2.07. The number of hydrogen-bond donors (Lipinski definition) is 1. The molecule has 1 saturated carbocycles. The van der Waals surface area contributed by atoms with Gasteiger partial charge < -0.3 is 5.73 Å². The van der Waals surface area contributed by atoms with Crippen molar-refractivity contribution in [3.8, 4) is 6.07 Å². The van der Waals surface area contributed by atoms with E-state index in [1.807, 2.05) is 0 Å². The van der Waals surface area contributed by atoms with Crippen LogP contribution in [0.25, 0.3) is 0 Å². The maximum absolute atomic E-state index is 8.39. The van der Waals surface area contributed by atoms with E-state index in [1.54, 1.807) is 0 Å². The third-order valence-electron chi connectivity index (χ3n) is 1.85. The van der Waals surface area contributed by atoms with E-state index < -0.39 is 5.54 Å². The van der Waals surface area contributed by atoms with E-state index in [1.165, 1.54) is 0 Å². The highest BCUT2D eigenvalue weighted by Crippen LogP contribution is 2.42. The molecule has 0 aromatic rings. The summed E-state index contributed by atoms with van der Waals surface area (Å²) >= 11 is 0. The summed E-state index contributed by atoms with van der Waals surface area (Å²) in [4.78, 5) is 0. The molecule has 0 saturated heterocycles. The third kappa shape index (κ3) is 0.597. The van der Waals surface area contributed by atoms with Crippen molar-refractivity contribution in [2.24, 2.45) is 11.7 Å². The highest BCUT2D eigenvalue weighted by molar-refractivity contribution is 5.21. The van der Waals surface area contributed by atoms with Gasteiger partial charge in [0, 0.05) is 0 Å². The van der Waals surface area contributed by atoms with E-state index in [2.05, 4.69) is 13.0 Å². The molecule has 2 atom stereocenters. The van der Waals surface area contributed by atoms with Crippen molar-refractivity contribution in [1.82, 2.24) is 0 Å². The maximum atomic E-state index is 8.39. The van der Waals surface area contributed by atoms with Crippen LogP contribution in [0.2, 0.25) is 0 Å². The molecular weight excluding hydrogens is 100 g/mol. The van der Waals surface area contributed by atoms with Gasteiger partial charge in [-0.3, -0.25) is 0 Å². The highest BCUT2D eigenvalue weighted by atomic mass is 14.8. The first-order valence-corrected chi connectivity index (χ1v) is 2.93. The molecule has 1 aliphatic rings. The topological polar surface area (TPSA) is 49.8 Å². The summed E-state index contributed by atoms with van der Waals surface area (Å²) in [5.41, 5.74) is 5.10. The zero-order valence-corrected chi connectivity index (χ0v) is 5.02. The molecule has 2 nitrogen and oxygen atoms in total. The molecule has 0 aliphatic heterocycles. The van der Waals surface area contributed by atoms with Gasteiger partial charge in [-0.05, 0) is 12.3 Å². The lowest BCUT2D eigenvalue weighted by molar-refractivity contribution is 0.691. The van der Waals surface area contributed by atoms with Crippen LogP contribution in [0.15, 0.2) is 0 Å². The molecule has 1 fully saturated rings. The van der Waals surface area contributed by atoms with Crippen LogP contribution in [-0.2, 0) is 0 Å². The second-order valence-electron chi connectivity index (χ2n) is 2.46. The van der Waals surface area contributed by atoms with Crippen LogP contribution in [0.1, 0.15) is 19.8 Å². The maximum Gasteiger partial charge on any atom is 0.107 e. The SMILES string of the molecule is CC[C@H]1C[C@]1(N)C#N. The van der Waals surface area contributed by atoms with Crippen LogP contribution in [0.4, 0.5) is 0 Å². The van der Waals surface area contributed by atoms with Crippen LogP contribution < -0.4 is 5.73 Å². The van der Waals surface area contributed by atoms with Gasteiger partial charge in [0.05, 0.1) is 6.07 Å². The minimum atomic E-state index is -0.436. The number of nitrogens with zero attached hydrogens (tertiary/aromatic N) is 1. The van der Waals surface area contributed by atoms with Gasteiger partial charge in [-0.15, -0.1) is 0 Å². The Balaban J connectivity index is 2.46. The van der Waals surface area contributed by atoms with Gasteiger partial charge in [0.25, 0.3) is 0 Å². The van der Waals surface area contributed by atoms with Crippen LogP contribution in [0.3, 0.4) is 0 Å². The van der Waals surface area contributed by atoms with Crippen LogP contribution in [-0.4, -0.2) is 5.54 Å². The lowest BCUT2D eigenvalue weighted by atomic mass is 10.2. The number of nitriles is 1. The molecule has 1 aliphatic carbocycles. The van der Waals surface area contributed by atoms with E-state index >= 15 is 0 Å². The summed E-state index contributed by atoms with van der Waals surface area (Å²) in [6.07, 6.45) is 1.95. The molecule has 0 aromatic carbocycles. The molecule has 0 heterocycles. The van der Waals surface area contributed by atoms with Crippen LogP contribution >= 0.6 is 0 Å². The summed E-state index contributed by atoms with van der Waals surface area (Å²) in [5.74, 6) is 0.479. The second kappa shape index (κ2) is 1.46. The lowest BCUT2D eigenvalue weighted by Crippen LogP contribution is -2.21. The fourth-order valence-corrected chi connectivity index (χ4v) is 0.994. The molecule has 0 spiro atoms. The Morgan fingerprint density at radius 2 is 2.62 bits per heavy atom. The van der Waals surface area contributed by atoms with Gasteiger partial charge in [0.1, 0.15) is 5.54 Å². The molecular formula is C6H10N2. The minimum Gasteiger partial charge on any atom is -0.313 e. The molecule has 2 N–H and O–H groups in total. The van der Waals surface area contributed by atoms with Crippen molar-refractivity contribution < 1.29 is 0 Å². The fraction of sp³-hybridized carbons (Fsp3) is 0.833. The highest BCUT2D eigenvalue weighted by Gasteiger charge is 2.50. The quantitative estimate of drug-likeness (QED) is 0.538.